The molecular weight excluding hydrogens is 300 g/mol. The number of amides is 2. The van der Waals surface area contributed by atoms with Gasteiger partial charge in [-0.3, -0.25) is 0 Å². The van der Waals surface area contributed by atoms with E-state index in [9.17, 15) is 9.90 Å². The molecule has 0 saturated carbocycles. The van der Waals surface area contributed by atoms with Crippen molar-refractivity contribution in [2.24, 2.45) is 0 Å². The van der Waals surface area contributed by atoms with Crippen LogP contribution in [0.25, 0.3) is 10.4 Å². The fraction of sp³-hybridized carbons (Fsp3) is 0.312. The van der Waals surface area contributed by atoms with Gasteiger partial charge in [-0.25, -0.2) is 4.79 Å². The maximum Gasteiger partial charge on any atom is 0.319 e. The summed E-state index contributed by atoms with van der Waals surface area (Å²) in [5.74, 6) is 0. The highest BCUT2D eigenvalue weighted by atomic mass is 32.1. The zero-order chi connectivity index (χ0) is 15.9. The highest BCUT2D eigenvalue weighted by Gasteiger charge is 2.08. The van der Waals surface area contributed by atoms with E-state index in [1.165, 1.54) is 17.6 Å². The SMILES string of the molecule is COC[C@@H](O)CNC(=O)Nc1cccc(-c2sccc2C)c1. The molecule has 5 nitrogen and oxygen atoms in total. The number of carbonyl (C=O) groups excluding carboxylic acids is 1. The summed E-state index contributed by atoms with van der Waals surface area (Å²) < 4.78 is 4.80. The molecule has 0 bridgehead atoms. The molecule has 1 aromatic carbocycles. The summed E-state index contributed by atoms with van der Waals surface area (Å²) in [7, 11) is 1.50. The first-order chi connectivity index (χ1) is 10.6. The lowest BCUT2D eigenvalue weighted by molar-refractivity contribution is 0.0663. The second-order valence-electron chi connectivity index (χ2n) is 4.96. The van der Waals surface area contributed by atoms with Crippen molar-refractivity contribution in [1.29, 1.82) is 0 Å². The molecule has 2 rings (SSSR count). The van der Waals surface area contributed by atoms with Crippen LogP contribution < -0.4 is 10.6 Å². The van der Waals surface area contributed by atoms with E-state index >= 15 is 0 Å². The van der Waals surface area contributed by atoms with E-state index in [1.54, 1.807) is 11.3 Å². The molecule has 118 valence electrons. The molecule has 22 heavy (non-hydrogen) atoms. The maximum absolute atomic E-state index is 11.8. The molecule has 0 fully saturated rings. The van der Waals surface area contributed by atoms with Gasteiger partial charge in [-0.15, -0.1) is 11.3 Å². The van der Waals surface area contributed by atoms with Crippen molar-refractivity contribution >= 4 is 23.1 Å². The highest BCUT2D eigenvalue weighted by molar-refractivity contribution is 7.13. The number of aryl methyl sites for hydroxylation is 1. The minimum atomic E-state index is -0.712. The van der Waals surface area contributed by atoms with Crippen LogP contribution in [-0.2, 0) is 4.74 Å². The van der Waals surface area contributed by atoms with Crippen LogP contribution in [0.4, 0.5) is 10.5 Å². The van der Waals surface area contributed by atoms with Gasteiger partial charge in [-0.05, 0) is 41.6 Å². The van der Waals surface area contributed by atoms with Crippen molar-refractivity contribution in [2.75, 3.05) is 25.6 Å². The summed E-state index contributed by atoms with van der Waals surface area (Å²) in [6.45, 7) is 2.40. The molecule has 1 heterocycles. The topological polar surface area (TPSA) is 70.6 Å². The largest absolute Gasteiger partial charge is 0.389 e. The van der Waals surface area contributed by atoms with Crippen LogP contribution >= 0.6 is 11.3 Å². The van der Waals surface area contributed by atoms with Gasteiger partial charge in [0.1, 0.15) is 0 Å². The molecule has 1 atom stereocenters. The lowest BCUT2D eigenvalue weighted by atomic mass is 10.1. The van der Waals surface area contributed by atoms with Gasteiger partial charge in [0, 0.05) is 24.2 Å². The minimum Gasteiger partial charge on any atom is -0.389 e. The van der Waals surface area contributed by atoms with E-state index in [4.69, 9.17) is 4.74 Å². The molecule has 3 N–H and O–H groups in total. The van der Waals surface area contributed by atoms with Crippen LogP contribution in [0.15, 0.2) is 35.7 Å². The lowest BCUT2D eigenvalue weighted by Crippen LogP contribution is -2.36. The number of benzene rings is 1. The Bertz CT molecular complexity index is 627. The second kappa shape index (κ2) is 7.93. The maximum atomic E-state index is 11.8. The molecule has 1 aromatic heterocycles. The first kappa shape index (κ1) is 16.5. The number of nitrogens with one attached hydrogen (secondary N) is 2. The van der Waals surface area contributed by atoms with Gasteiger partial charge in [0.2, 0.25) is 0 Å². The van der Waals surface area contributed by atoms with E-state index in [2.05, 4.69) is 29.0 Å². The Balaban J connectivity index is 1.96. The number of anilines is 1. The van der Waals surface area contributed by atoms with E-state index in [0.29, 0.717) is 5.69 Å². The molecule has 6 heteroatoms. The molecule has 0 aliphatic carbocycles. The zero-order valence-corrected chi connectivity index (χ0v) is 13.4. The smallest absolute Gasteiger partial charge is 0.319 e. The average molecular weight is 320 g/mol. The second-order valence-corrected chi connectivity index (χ2v) is 5.87. The van der Waals surface area contributed by atoms with Crippen LogP contribution in [0, 0.1) is 6.92 Å². The van der Waals surface area contributed by atoms with Crippen molar-refractivity contribution in [3.05, 3.63) is 41.3 Å². The molecule has 0 unspecified atom stereocenters. The summed E-state index contributed by atoms with van der Waals surface area (Å²) >= 11 is 1.67. The van der Waals surface area contributed by atoms with Crippen molar-refractivity contribution in [1.82, 2.24) is 5.32 Å². The average Bonchev–Trinajstić information content (AvgIpc) is 2.92. The van der Waals surface area contributed by atoms with E-state index < -0.39 is 6.10 Å². The number of hydrogen-bond donors (Lipinski definition) is 3. The van der Waals surface area contributed by atoms with Crippen molar-refractivity contribution < 1.29 is 14.6 Å². The molecule has 0 aliphatic rings. The summed E-state index contributed by atoms with van der Waals surface area (Å²) in [4.78, 5) is 13.0. The van der Waals surface area contributed by atoms with Crippen molar-refractivity contribution in [2.45, 2.75) is 13.0 Å². The quantitative estimate of drug-likeness (QED) is 0.766. The van der Waals surface area contributed by atoms with E-state index in [-0.39, 0.29) is 19.2 Å². The van der Waals surface area contributed by atoms with Crippen molar-refractivity contribution in [3.63, 3.8) is 0 Å². The van der Waals surface area contributed by atoms with Gasteiger partial charge in [0.05, 0.1) is 12.7 Å². The summed E-state index contributed by atoms with van der Waals surface area (Å²) in [5, 5.41) is 16.9. The minimum absolute atomic E-state index is 0.142. The summed E-state index contributed by atoms with van der Waals surface area (Å²) in [5.41, 5.74) is 3.00. The lowest BCUT2D eigenvalue weighted by Gasteiger charge is -2.12. The Morgan fingerprint density at radius 1 is 1.41 bits per heavy atom. The third kappa shape index (κ3) is 4.56. The van der Waals surface area contributed by atoms with Gasteiger partial charge < -0.3 is 20.5 Å². The van der Waals surface area contributed by atoms with E-state index in [0.717, 1.165) is 5.56 Å². The number of methoxy groups -OCH3 is 1. The number of hydrogen-bond acceptors (Lipinski definition) is 4. The summed E-state index contributed by atoms with van der Waals surface area (Å²) in [6, 6.07) is 9.41. The highest BCUT2D eigenvalue weighted by Crippen LogP contribution is 2.30. The molecule has 0 spiro atoms. The number of urea groups is 1. The fourth-order valence-corrected chi connectivity index (χ4v) is 2.97. The molecule has 0 radical (unpaired) electrons. The standard InChI is InChI=1S/C16H20N2O3S/c1-11-6-7-22-15(11)12-4-3-5-13(8-12)18-16(20)17-9-14(19)10-21-2/h3-8,14,19H,9-10H2,1-2H3,(H2,17,18,20)/t14-/m0/s1. The first-order valence-corrected chi connectivity index (χ1v) is 7.84. The number of ether oxygens (including phenoxy) is 1. The monoisotopic (exact) mass is 320 g/mol. The van der Waals surface area contributed by atoms with Crippen LogP contribution in [0.5, 0.6) is 0 Å². The third-order valence-corrected chi connectivity index (χ3v) is 4.17. The number of thiophene rings is 1. The molecule has 2 aromatic rings. The normalized spacial score (nSPS) is 12.0. The Kier molecular flexibility index (Phi) is 5.94. The van der Waals surface area contributed by atoms with Gasteiger partial charge in [0.25, 0.3) is 0 Å². The molecular formula is C16H20N2O3S. The van der Waals surface area contributed by atoms with Gasteiger partial charge in [-0.1, -0.05) is 12.1 Å². The number of rotatable bonds is 6. The van der Waals surface area contributed by atoms with Crippen LogP contribution in [0.3, 0.4) is 0 Å². The third-order valence-electron chi connectivity index (χ3n) is 3.10. The van der Waals surface area contributed by atoms with Crippen molar-refractivity contribution in [3.8, 4) is 10.4 Å². The Hall–Kier alpha value is -1.89. The van der Waals surface area contributed by atoms with Crippen LogP contribution in [-0.4, -0.2) is 37.5 Å². The van der Waals surface area contributed by atoms with Gasteiger partial charge in [0.15, 0.2) is 0 Å². The van der Waals surface area contributed by atoms with E-state index in [1.807, 2.05) is 24.3 Å². The Labute approximate surface area is 133 Å². The number of aliphatic hydroxyl groups excluding tert-OH is 1. The fourth-order valence-electron chi connectivity index (χ4n) is 2.04. The van der Waals surface area contributed by atoms with Gasteiger partial charge in [-0.2, -0.15) is 0 Å². The summed E-state index contributed by atoms with van der Waals surface area (Å²) in [6.07, 6.45) is -0.712. The molecule has 2 amide bonds. The Morgan fingerprint density at radius 2 is 2.23 bits per heavy atom. The molecule has 0 saturated heterocycles. The number of carbonyl (C=O) groups is 1. The Morgan fingerprint density at radius 3 is 2.91 bits per heavy atom. The van der Waals surface area contributed by atoms with Crippen LogP contribution in [0.1, 0.15) is 5.56 Å². The van der Waals surface area contributed by atoms with Gasteiger partial charge >= 0.3 is 6.03 Å². The van der Waals surface area contributed by atoms with Crippen LogP contribution in [0.2, 0.25) is 0 Å². The predicted octanol–water partition coefficient (Wildman–Crippen LogP) is 2.85. The zero-order valence-electron chi connectivity index (χ0n) is 12.6. The predicted molar refractivity (Wildman–Crippen MR) is 89.4 cm³/mol. The first-order valence-electron chi connectivity index (χ1n) is 6.96. The molecule has 0 aliphatic heterocycles. The number of aliphatic hydroxyl groups is 1.